The van der Waals surface area contributed by atoms with Gasteiger partial charge in [-0.2, -0.15) is 0 Å². The van der Waals surface area contributed by atoms with Gasteiger partial charge in [0.05, 0.1) is 5.60 Å². The fraction of sp³-hybridized carbons (Fsp3) is 0.938. The van der Waals surface area contributed by atoms with Gasteiger partial charge in [-0.1, -0.05) is 0 Å². The maximum atomic E-state index is 11.9. The van der Waals surface area contributed by atoms with Crippen molar-refractivity contribution in [3.05, 3.63) is 0 Å². The topological polar surface area (TPSA) is 76.8 Å². The fourth-order valence-corrected chi connectivity index (χ4v) is 2.95. The van der Waals surface area contributed by atoms with Gasteiger partial charge in [-0.05, 0) is 54.0 Å². The number of piperidine rings is 1. The van der Waals surface area contributed by atoms with Crippen LogP contribution >= 0.6 is 0 Å². The third-order valence-electron chi connectivity index (χ3n) is 4.21. The van der Waals surface area contributed by atoms with Crippen molar-refractivity contribution >= 4 is 6.09 Å². The molecule has 0 bridgehead atoms. The average molecular weight is 315 g/mol. The number of carbonyl (C=O) groups excluding carboxylic acids is 1. The van der Waals surface area contributed by atoms with Crippen LogP contribution in [0.2, 0.25) is 0 Å². The van der Waals surface area contributed by atoms with E-state index in [1.54, 1.807) is 7.11 Å². The van der Waals surface area contributed by atoms with E-state index in [1.165, 1.54) is 0 Å². The van der Waals surface area contributed by atoms with Gasteiger partial charge in [-0.15, -0.1) is 0 Å². The summed E-state index contributed by atoms with van der Waals surface area (Å²) in [4.78, 5) is 14.3. The van der Waals surface area contributed by atoms with Gasteiger partial charge in [0, 0.05) is 32.3 Å². The Bertz CT molecular complexity index is 370. The fourth-order valence-electron chi connectivity index (χ4n) is 2.95. The number of methoxy groups -OCH3 is 1. The zero-order valence-electron chi connectivity index (χ0n) is 14.9. The minimum atomic E-state index is -0.498. The first-order chi connectivity index (χ1) is 10.1. The molecule has 0 aromatic heterocycles. The Kier molecular flexibility index (Phi) is 6.65. The van der Waals surface area contributed by atoms with Crippen LogP contribution in [0, 0.1) is 0 Å². The summed E-state index contributed by atoms with van der Waals surface area (Å²) >= 11 is 0. The van der Waals surface area contributed by atoms with E-state index in [0.717, 1.165) is 25.9 Å². The molecule has 3 atom stereocenters. The molecule has 1 heterocycles. The van der Waals surface area contributed by atoms with Crippen molar-refractivity contribution in [2.45, 2.75) is 70.7 Å². The molecular formula is C16H33N3O3. The van der Waals surface area contributed by atoms with Crippen LogP contribution in [0.15, 0.2) is 0 Å². The number of amides is 1. The second-order valence-electron chi connectivity index (χ2n) is 7.47. The van der Waals surface area contributed by atoms with E-state index in [9.17, 15) is 4.79 Å². The van der Waals surface area contributed by atoms with Gasteiger partial charge in [0.15, 0.2) is 0 Å². The van der Waals surface area contributed by atoms with Crippen molar-refractivity contribution in [1.82, 2.24) is 10.2 Å². The van der Waals surface area contributed by atoms with Crippen molar-refractivity contribution in [3.8, 4) is 0 Å². The van der Waals surface area contributed by atoms with E-state index in [-0.39, 0.29) is 17.7 Å². The molecule has 1 aliphatic rings. The lowest BCUT2D eigenvalue weighted by atomic mass is 9.92. The van der Waals surface area contributed by atoms with Crippen LogP contribution in [0.25, 0.3) is 0 Å². The lowest BCUT2D eigenvalue weighted by molar-refractivity contribution is -0.0633. The maximum absolute atomic E-state index is 11.9. The van der Waals surface area contributed by atoms with Gasteiger partial charge in [-0.3, -0.25) is 4.90 Å². The van der Waals surface area contributed by atoms with E-state index in [2.05, 4.69) is 17.1 Å². The number of hydrogen-bond donors (Lipinski definition) is 2. The van der Waals surface area contributed by atoms with Crippen molar-refractivity contribution in [2.24, 2.45) is 5.73 Å². The summed E-state index contributed by atoms with van der Waals surface area (Å²) in [5.41, 5.74) is 5.32. The summed E-state index contributed by atoms with van der Waals surface area (Å²) in [7, 11) is 1.75. The Morgan fingerprint density at radius 3 is 2.59 bits per heavy atom. The van der Waals surface area contributed by atoms with Gasteiger partial charge >= 0.3 is 6.09 Å². The number of ether oxygens (including phenoxy) is 2. The highest BCUT2D eigenvalue weighted by Gasteiger charge is 2.35. The molecule has 0 radical (unpaired) electrons. The third kappa shape index (κ3) is 5.74. The Hall–Kier alpha value is -0.850. The number of carbonyl (C=O) groups is 1. The largest absolute Gasteiger partial charge is 0.444 e. The minimum absolute atomic E-state index is 0.0716. The van der Waals surface area contributed by atoms with Gasteiger partial charge in [0.2, 0.25) is 0 Å². The lowest BCUT2D eigenvalue weighted by Crippen LogP contribution is -2.59. The van der Waals surface area contributed by atoms with Crippen LogP contribution in [-0.2, 0) is 9.47 Å². The molecule has 1 aliphatic heterocycles. The third-order valence-corrected chi connectivity index (χ3v) is 4.21. The molecule has 0 aromatic rings. The van der Waals surface area contributed by atoms with Crippen molar-refractivity contribution in [3.63, 3.8) is 0 Å². The minimum Gasteiger partial charge on any atom is -0.444 e. The smallest absolute Gasteiger partial charge is 0.407 e. The van der Waals surface area contributed by atoms with Crippen molar-refractivity contribution in [2.75, 3.05) is 26.7 Å². The standard InChI is InChI=1S/C16H33N3O3/c1-12(18-14(20)22-15(2,3)4)13(10-17)19-9-7-8-16(5,11-19)21-6/h12-13H,7-11,17H2,1-6H3,(H,18,20). The second-order valence-corrected chi connectivity index (χ2v) is 7.47. The number of nitrogens with two attached hydrogens (primary N) is 1. The van der Waals surface area contributed by atoms with E-state index in [0.29, 0.717) is 6.54 Å². The summed E-state index contributed by atoms with van der Waals surface area (Å²) in [5, 5.41) is 2.91. The average Bonchev–Trinajstić information content (AvgIpc) is 2.37. The molecule has 22 heavy (non-hydrogen) atoms. The van der Waals surface area contributed by atoms with Crippen molar-refractivity contribution in [1.29, 1.82) is 0 Å². The molecule has 3 unspecified atom stereocenters. The predicted octanol–water partition coefficient (Wildman–Crippen LogP) is 1.73. The molecular weight excluding hydrogens is 282 g/mol. The molecule has 6 heteroatoms. The molecule has 1 fully saturated rings. The van der Waals surface area contributed by atoms with E-state index in [1.807, 2.05) is 27.7 Å². The maximum Gasteiger partial charge on any atom is 0.407 e. The second kappa shape index (κ2) is 7.62. The molecule has 1 rings (SSSR count). The van der Waals surface area contributed by atoms with Crippen LogP contribution in [0.5, 0.6) is 0 Å². The molecule has 1 amide bonds. The zero-order chi connectivity index (χ0) is 17.0. The Labute approximate surface area is 134 Å². The molecule has 6 nitrogen and oxygen atoms in total. The van der Waals surface area contributed by atoms with Crippen LogP contribution in [0.3, 0.4) is 0 Å². The van der Waals surface area contributed by atoms with E-state index < -0.39 is 11.7 Å². The predicted molar refractivity (Wildman–Crippen MR) is 87.9 cm³/mol. The number of nitrogens with zero attached hydrogens (tertiary/aromatic N) is 1. The Morgan fingerprint density at radius 2 is 2.09 bits per heavy atom. The number of alkyl carbamates (subject to hydrolysis) is 1. The van der Waals surface area contributed by atoms with Gasteiger partial charge in [0.1, 0.15) is 5.60 Å². The summed E-state index contributed by atoms with van der Waals surface area (Å²) < 4.78 is 11.0. The number of likely N-dealkylation sites (tertiary alicyclic amines) is 1. The summed E-state index contributed by atoms with van der Waals surface area (Å²) in [6, 6.07) is -0.0126. The summed E-state index contributed by atoms with van der Waals surface area (Å²) in [6.45, 7) is 11.9. The highest BCUT2D eigenvalue weighted by molar-refractivity contribution is 5.68. The van der Waals surface area contributed by atoms with Crippen LogP contribution in [0.4, 0.5) is 4.79 Å². The first-order valence-electron chi connectivity index (χ1n) is 8.09. The number of hydrogen-bond acceptors (Lipinski definition) is 5. The molecule has 1 saturated heterocycles. The molecule has 0 spiro atoms. The molecule has 0 saturated carbocycles. The zero-order valence-corrected chi connectivity index (χ0v) is 14.9. The Balaban J connectivity index is 2.64. The van der Waals surface area contributed by atoms with Crippen LogP contribution in [0.1, 0.15) is 47.5 Å². The first kappa shape index (κ1) is 19.2. The van der Waals surface area contributed by atoms with Crippen LogP contribution < -0.4 is 11.1 Å². The van der Waals surface area contributed by atoms with Gasteiger partial charge in [0.25, 0.3) is 0 Å². The van der Waals surface area contributed by atoms with Gasteiger partial charge in [-0.25, -0.2) is 4.79 Å². The molecule has 3 N–H and O–H groups in total. The van der Waals surface area contributed by atoms with Crippen molar-refractivity contribution < 1.29 is 14.3 Å². The summed E-state index contributed by atoms with van der Waals surface area (Å²) in [6.07, 6.45) is 1.72. The molecule has 130 valence electrons. The molecule has 0 aliphatic carbocycles. The van der Waals surface area contributed by atoms with E-state index >= 15 is 0 Å². The number of rotatable bonds is 5. The molecule has 0 aromatic carbocycles. The summed E-state index contributed by atoms with van der Waals surface area (Å²) in [5.74, 6) is 0. The SMILES string of the molecule is COC1(C)CCCN(C(CN)C(C)NC(=O)OC(C)(C)C)C1. The lowest BCUT2D eigenvalue weighted by Gasteiger charge is -2.44. The normalized spacial score (nSPS) is 26.3. The van der Waals surface area contributed by atoms with E-state index in [4.69, 9.17) is 15.2 Å². The van der Waals surface area contributed by atoms with Crippen LogP contribution in [-0.4, -0.2) is 61.0 Å². The highest BCUT2D eigenvalue weighted by atomic mass is 16.6. The number of nitrogens with one attached hydrogen (secondary N) is 1. The highest BCUT2D eigenvalue weighted by Crippen LogP contribution is 2.25. The van der Waals surface area contributed by atoms with Gasteiger partial charge < -0.3 is 20.5 Å². The first-order valence-corrected chi connectivity index (χ1v) is 8.09. The monoisotopic (exact) mass is 315 g/mol. The Morgan fingerprint density at radius 1 is 1.45 bits per heavy atom. The quantitative estimate of drug-likeness (QED) is 0.808.